The van der Waals surface area contributed by atoms with E-state index in [0.717, 1.165) is 16.4 Å². The molecule has 1 heterocycles. The number of nitrogens with zero attached hydrogens (tertiary/aromatic N) is 3. The van der Waals surface area contributed by atoms with Crippen molar-refractivity contribution in [3.8, 4) is 5.88 Å². The molecule has 2 rings (SSSR count). The van der Waals surface area contributed by atoms with Crippen molar-refractivity contribution in [2.45, 2.75) is 23.6 Å². The minimum Gasteiger partial charge on any atom is -0.481 e. The molecule has 0 radical (unpaired) electrons. The number of urea groups is 1. The number of benzene rings is 1. The Labute approximate surface area is 169 Å². The summed E-state index contributed by atoms with van der Waals surface area (Å²) < 4.78 is 58.3. The average molecular weight is 444 g/mol. The molecule has 2 N–H and O–H groups in total. The van der Waals surface area contributed by atoms with Crippen LogP contribution in [0.1, 0.15) is 12.6 Å². The van der Waals surface area contributed by atoms with Gasteiger partial charge in [0, 0.05) is 25.4 Å². The van der Waals surface area contributed by atoms with Gasteiger partial charge < -0.3 is 4.74 Å². The lowest BCUT2D eigenvalue weighted by atomic mass is 10.4. The molecule has 0 spiro atoms. The first kappa shape index (κ1) is 22.5. The third kappa shape index (κ3) is 5.19. The number of hydrogen-bond acceptors (Lipinski definition) is 8. The summed E-state index contributed by atoms with van der Waals surface area (Å²) in [5.41, 5.74) is 0.481. The molecule has 0 aliphatic heterocycles. The van der Waals surface area contributed by atoms with Crippen molar-refractivity contribution in [1.82, 2.24) is 19.0 Å². The monoisotopic (exact) mass is 443 g/mol. The summed E-state index contributed by atoms with van der Waals surface area (Å²) in [4.78, 5) is 19.0. The average Bonchev–Trinajstić information content (AvgIpc) is 2.66. The second-order valence-electron chi connectivity index (χ2n) is 5.80. The first-order valence-electron chi connectivity index (χ1n) is 8.30. The van der Waals surface area contributed by atoms with Gasteiger partial charge in [-0.1, -0.05) is 19.1 Å². The molecule has 29 heavy (non-hydrogen) atoms. The summed E-state index contributed by atoms with van der Waals surface area (Å²) in [6.45, 7) is 3.38. The van der Waals surface area contributed by atoms with Gasteiger partial charge in [-0.15, -0.1) is 0 Å². The van der Waals surface area contributed by atoms with Crippen molar-refractivity contribution < 1.29 is 26.4 Å². The number of carbonyl (C=O) groups excluding carboxylic acids is 1. The zero-order chi connectivity index (χ0) is 21.8. The van der Waals surface area contributed by atoms with E-state index in [1.54, 1.807) is 18.6 Å². The molecule has 158 valence electrons. The molecule has 11 nitrogen and oxygen atoms in total. The molecule has 2 amide bonds. The van der Waals surface area contributed by atoms with Crippen molar-refractivity contribution in [1.29, 1.82) is 0 Å². The van der Waals surface area contributed by atoms with Crippen molar-refractivity contribution in [2.24, 2.45) is 0 Å². The number of aryl methyl sites for hydroxylation is 1. The smallest absolute Gasteiger partial charge is 0.335 e. The SMILES string of the molecule is CCN(C)S(=O)(=O)c1ccccc1S(=O)(=O)NC(=O)Nc1nc(C)cc(OC)n1. The number of methoxy groups -OCH3 is 1. The zero-order valence-corrected chi connectivity index (χ0v) is 17.8. The fraction of sp³-hybridized carbons (Fsp3) is 0.312. The normalized spacial score (nSPS) is 11.9. The fourth-order valence-electron chi connectivity index (χ4n) is 2.23. The van der Waals surface area contributed by atoms with Gasteiger partial charge in [0.25, 0.3) is 10.0 Å². The van der Waals surface area contributed by atoms with Crippen LogP contribution < -0.4 is 14.8 Å². The van der Waals surface area contributed by atoms with Crippen LogP contribution in [0.3, 0.4) is 0 Å². The van der Waals surface area contributed by atoms with Crippen molar-refractivity contribution in [3.63, 3.8) is 0 Å². The number of hydrogen-bond donors (Lipinski definition) is 2. The van der Waals surface area contributed by atoms with Crippen molar-refractivity contribution in [2.75, 3.05) is 26.0 Å². The highest BCUT2D eigenvalue weighted by atomic mass is 32.2. The number of anilines is 1. The molecule has 0 saturated carbocycles. The number of ether oxygens (including phenoxy) is 1. The second-order valence-corrected chi connectivity index (χ2v) is 9.46. The van der Waals surface area contributed by atoms with Gasteiger partial charge in [-0.2, -0.15) is 4.98 Å². The van der Waals surface area contributed by atoms with E-state index in [1.807, 2.05) is 0 Å². The summed E-state index contributed by atoms with van der Waals surface area (Å²) in [5.74, 6) is -0.00382. The number of rotatable bonds is 7. The van der Waals surface area contributed by atoms with Crippen LogP contribution in [0, 0.1) is 6.92 Å². The molecule has 0 unspecified atom stereocenters. The van der Waals surface area contributed by atoms with Crippen molar-refractivity contribution >= 4 is 32.0 Å². The highest BCUT2D eigenvalue weighted by Gasteiger charge is 2.30. The summed E-state index contributed by atoms with van der Waals surface area (Å²) in [6, 6.07) is 5.36. The molecule has 0 aliphatic carbocycles. The summed E-state index contributed by atoms with van der Waals surface area (Å²) in [5, 5.41) is 2.18. The maximum Gasteiger partial charge on any atom is 0.335 e. The van der Waals surface area contributed by atoms with E-state index in [-0.39, 0.29) is 18.4 Å². The van der Waals surface area contributed by atoms with E-state index in [0.29, 0.717) is 5.69 Å². The van der Waals surface area contributed by atoms with Crippen LogP contribution in [0.25, 0.3) is 0 Å². The minimum atomic E-state index is -4.52. The summed E-state index contributed by atoms with van der Waals surface area (Å²) >= 11 is 0. The Bertz CT molecular complexity index is 1120. The van der Waals surface area contributed by atoms with Gasteiger partial charge in [0.2, 0.25) is 21.9 Å². The lowest BCUT2D eigenvalue weighted by Crippen LogP contribution is -2.36. The molecule has 1 aromatic heterocycles. The van der Waals surface area contributed by atoms with Crippen LogP contribution in [0.5, 0.6) is 5.88 Å². The van der Waals surface area contributed by atoms with Gasteiger partial charge in [-0.3, -0.25) is 5.32 Å². The van der Waals surface area contributed by atoms with Crippen LogP contribution in [0.2, 0.25) is 0 Å². The molecule has 0 bridgehead atoms. The predicted molar refractivity (Wildman–Crippen MR) is 105 cm³/mol. The van der Waals surface area contributed by atoms with Gasteiger partial charge >= 0.3 is 6.03 Å². The predicted octanol–water partition coefficient (Wildman–Crippen LogP) is 0.944. The maximum absolute atomic E-state index is 12.7. The first-order chi connectivity index (χ1) is 13.5. The highest BCUT2D eigenvalue weighted by molar-refractivity contribution is 7.92. The Kier molecular flexibility index (Phi) is 6.77. The molecule has 13 heteroatoms. The number of aromatic nitrogens is 2. The summed E-state index contributed by atoms with van der Waals surface area (Å²) in [6.07, 6.45) is 0. The Hall–Kier alpha value is -2.77. The molecule has 0 fully saturated rings. The Morgan fingerprint density at radius 2 is 1.76 bits per heavy atom. The molecule has 1 aromatic carbocycles. The van der Waals surface area contributed by atoms with E-state index in [9.17, 15) is 21.6 Å². The van der Waals surface area contributed by atoms with E-state index in [2.05, 4.69) is 15.3 Å². The van der Waals surface area contributed by atoms with Crippen molar-refractivity contribution in [3.05, 3.63) is 36.0 Å². The molecule has 0 aliphatic rings. The Morgan fingerprint density at radius 3 is 2.34 bits per heavy atom. The van der Waals surface area contributed by atoms with E-state index >= 15 is 0 Å². The van der Waals surface area contributed by atoms with Gasteiger partial charge in [0.1, 0.15) is 9.79 Å². The van der Waals surface area contributed by atoms with Gasteiger partial charge in [-0.25, -0.2) is 35.6 Å². The van der Waals surface area contributed by atoms with Crippen LogP contribution >= 0.6 is 0 Å². The number of nitrogens with one attached hydrogen (secondary N) is 2. The lowest BCUT2D eigenvalue weighted by molar-refractivity contribution is 0.256. The third-order valence-electron chi connectivity index (χ3n) is 3.76. The highest BCUT2D eigenvalue weighted by Crippen LogP contribution is 2.23. The number of amides is 2. The molecule has 0 saturated heterocycles. The summed E-state index contributed by atoms with van der Waals surface area (Å²) in [7, 11) is -5.89. The largest absolute Gasteiger partial charge is 0.481 e. The number of carbonyl (C=O) groups is 1. The van der Waals surface area contributed by atoms with E-state index < -0.39 is 35.9 Å². The maximum atomic E-state index is 12.7. The molecular weight excluding hydrogens is 422 g/mol. The quantitative estimate of drug-likeness (QED) is 0.642. The molecule has 0 atom stereocenters. The number of sulfonamides is 2. The fourth-order valence-corrected chi connectivity index (χ4v) is 5.12. The standard InChI is InChI=1S/C16H21N5O6S2/c1-5-21(3)29(25,26)13-9-7-6-8-12(13)28(23,24)20-16(22)19-15-17-11(2)10-14(18-15)27-4/h6-10H,5H2,1-4H3,(H2,17,18,19,20,22). The van der Waals surface area contributed by atoms with Gasteiger partial charge in [0.05, 0.1) is 7.11 Å². The Morgan fingerprint density at radius 1 is 1.14 bits per heavy atom. The van der Waals surface area contributed by atoms with E-state index in [1.165, 1.54) is 32.4 Å². The minimum absolute atomic E-state index is 0.136. The van der Waals surface area contributed by atoms with Crippen LogP contribution in [-0.2, 0) is 20.0 Å². The third-order valence-corrected chi connectivity index (χ3v) is 7.27. The first-order valence-corrected chi connectivity index (χ1v) is 11.2. The Balaban J connectivity index is 2.33. The van der Waals surface area contributed by atoms with E-state index in [4.69, 9.17) is 4.74 Å². The molecule has 2 aromatic rings. The van der Waals surface area contributed by atoms with Gasteiger partial charge in [0.15, 0.2) is 0 Å². The van der Waals surface area contributed by atoms with Crippen LogP contribution in [0.4, 0.5) is 10.7 Å². The van der Waals surface area contributed by atoms with Crippen LogP contribution in [-0.4, -0.2) is 57.8 Å². The zero-order valence-electron chi connectivity index (χ0n) is 16.2. The second kappa shape index (κ2) is 8.71. The van der Waals surface area contributed by atoms with Gasteiger partial charge in [-0.05, 0) is 19.1 Å². The lowest BCUT2D eigenvalue weighted by Gasteiger charge is -2.17. The topological polar surface area (TPSA) is 148 Å². The molecular formula is C16H21N5O6S2. The van der Waals surface area contributed by atoms with Crippen LogP contribution in [0.15, 0.2) is 40.1 Å².